The maximum Gasteiger partial charge on any atom is 0.234 e. The van der Waals surface area contributed by atoms with Crippen LogP contribution in [0.1, 0.15) is 0 Å². The number of nitrogens with zero attached hydrogens (tertiary/aromatic N) is 4. The molecule has 0 N–H and O–H groups in total. The zero-order chi connectivity index (χ0) is 23.1. The first-order valence-electron chi connectivity index (χ1n) is 12.6. The number of carbonyl (C=O) groups excluding carboxylic acids is 4. The molecule has 4 amide bonds. The van der Waals surface area contributed by atoms with Crippen LogP contribution in [0.25, 0.3) is 0 Å². The van der Waals surface area contributed by atoms with Crippen molar-refractivity contribution in [1.29, 1.82) is 0 Å². The Morgan fingerprint density at radius 1 is 0.588 bits per heavy atom. The van der Waals surface area contributed by atoms with Crippen LogP contribution in [0.15, 0.2) is 12.2 Å². The number of imide groups is 2. The number of fused-ring (bicyclic) bond motifs is 1. The molecular weight excluding hydrogens is 440 g/mol. The average molecular weight is 471 g/mol. The van der Waals surface area contributed by atoms with Gasteiger partial charge in [0.1, 0.15) is 0 Å². The van der Waals surface area contributed by atoms with E-state index in [1.54, 1.807) is 0 Å². The molecule has 8 rings (SSSR count). The molecule has 10 heteroatoms. The van der Waals surface area contributed by atoms with Crippen molar-refractivity contribution in [2.75, 3.05) is 65.9 Å². The van der Waals surface area contributed by atoms with Gasteiger partial charge in [0.2, 0.25) is 23.6 Å². The Hall–Kier alpha value is -2.14. The molecule has 0 aromatic heterocycles. The highest BCUT2D eigenvalue weighted by Crippen LogP contribution is 2.68. The smallest absolute Gasteiger partial charge is 0.234 e. The van der Waals surface area contributed by atoms with Crippen LogP contribution >= 0.6 is 0 Å². The van der Waals surface area contributed by atoms with Gasteiger partial charge < -0.3 is 9.47 Å². The van der Waals surface area contributed by atoms with Crippen molar-refractivity contribution in [1.82, 2.24) is 19.6 Å². The summed E-state index contributed by atoms with van der Waals surface area (Å²) in [6.07, 6.45) is 4.13. The molecule has 4 heterocycles. The Kier molecular flexibility index (Phi) is 4.78. The molecule has 8 atom stereocenters. The molecule has 0 aromatic carbocycles. The van der Waals surface area contributed by atoms with Crippen LogP contribution in [0.4, 0.5) is 0 Å². The van der Waals surface area contributed by atoms with Crippen LogP contribution in [0.2, 0.25) is 0 Å². The Balaban J connectivity index is 1.13. The van der Waals surface area contributed by atoms with Crippen molar-refractivity contribution in [3.63, 3.8) is 0 Å². The van der Waals surface area contributed by atoms with E-state index in [1.807, 2.05) is 0 Å². The number of hydrogen-bond donors (Lipinski definition) is 0. The number of carbonyl (C=O) groups is 4. The molecule has 10 nitrogen and oxygen atoms in total. The van der Waals surface area contributed by atoms with E-state index in [-0.39, 0.29) is 59.1 Å². The summed E-state index contributed by atoms with van der Waals surface area (Å²) in [4.78, 5) is 60.8. The number of likely N-dealkylation sites (tertiary alicyclic amines) is 2. The molecule has 0 unspecified atom stereocenters. The summed E-state index contributed by atoms with van der Waals surface area (Å²) >= 11 is 0. The summed E-state index contributed by atoms with van der Waals surface area (Å²) in [6.45, 7) is 5.87. The van der Waals surface area contributed by atoms with Crippen molar-refractivity contribution in [2.24, 2.45) is 47.3 Å². The summed E-state index contributed by atoms with van der Waals surface area (Å²) in [5.41, 5.74) is 0. The standard InChI is InChI=1S/C24H30N4O6/c29-21-17-13-1-2-14(18(17)22(30)27(21)11-25-3-7-33-8-4-25)16-15(13)19-20(16)24(32)28(23(19)31)12-26-5-9-34-10-6-26/h1-2,13-20H,3-12H2/t13-,14+,15+,16-,17-,18-,19+,20-/m0/s1. The zero-order valence-corrected chi connectivity index (χ0v) is 19.1. The Labute approximate surface area is 197 Å². The third-order valence-corrected chi connectivity index (χ3v) is 9.42. The molecule has 0 aromatic rings. The predicted octanol–water partition coefficient (Wildman–Crippen LogP) is -1.17. The second-order valence-corrected chi connectivity index (χ2v) is 10.8. The Bertz CT molecular complexity index is 917. The van der Waals surface area contributed by atoms with E-state index < -0.39 is 11.8 Å². The molecule has 6 fully saturated rings. The number of rotatable bonds is 4. The van der Waals surface area contributed by atoms with Crippen molar-refractivity contribution in [2.45, 2.75) is 0 Å². The van der Waals surface area contributed by atoms with E-state index in [0.29, 0.717) is 65.9 Å². The van der Waals surface area contributed by atoms with Gasteiger partial charge in [0.15, 0.2) is 0 Å². The minimum Gasteiger partial charge on any atom is -0.379 e. The lowest BCUT2D eigenvalue weighted by atomic mass is 9.40. The first-order chi connectivity index (χ1) is 16.6. The van der Waals surface area contributed by atoms with Gasteiger partial charge in [-0.3, -0.25) is 38.8 Å². The number of amides is 4. The zero-order valence-electron chi connectivity index (χ0n) is 19.1. The largest absolute Gasteiger partial charge is 0.379 e. The number of morpholine rings is 2. The highest BCUT2D eigenvalue weighted by atomic mass is 16.5. The van der Waals surface area contributed by atoms with Gasteiger partial charge in [-0.25, -0.2) is 0 Å². The number of ether oxygens (including phenoxy) is 2. The maximum absolute atomic E-state index is 13.5. The van der Waals surface area contributed by atoms with Crippen molar-refractivity contribution in [3.8, 4) is 0 Å². The first-order valence-corrected chi connectivity index (χ1v) is 12.6. The molecule has 0 spiro atoms. The summed E-state index contributed by atoms with van der Waals surface area (Å²) < 4.78 is 10.8. The molecule has 4 aliphatic carbocycles. The molecule has 4 saturated heterocycles. The lowest BCUT2D eigenvalue weighted by molar-refractivity contribution is -0.166. The van der Waals surface area contributed by atoms with Gasteiger partial charge in [-0.1, -0.05) is 12.2 Å². The van der Waals surface area contributed by atoms with Gasteiger partial charge in [-0.05, 0) is 23.7 Å². The van der Waals surface area contributed by atoms with Gasteiger partial charge in [-0.2, -0.15) is 0 Å². The predicted molar refractivity (Wildman–Crippen MR) is 115 cm³/mol. The number of hydrogen-bond acceptors (Lipinski definition) is 8. The SMILES string of the molecule is O=C1[C@@H]2[C@H](C(=O)N1CN1CCOCC1)[C@@H]1[C@@H]3C=C[C@@H]([C@@H]4C(=O)N(CN5CCOCC5)C(=O)[C@@H]34)[C@H]21. The van der Waals surface area contributed by atoms with Crippen LogP contribution in [0, 0.1) is 47.3 Å². The van der Waals surface area contributed by atoms with Crippen molar-refractivity contribution < 1.29 is 28.7 Å². The fraction of sp³-hybridized carbons (Fsp3) is 0.750. The van der Waals surface area contributed by atoms with Crippen molar-refractivity contribution in [3.05, 3.63) is 12.2 Å². The number of allylic oxidation sites excluding steroid dienone is 2. The molecule has 8 aliphatic rings. The molecule has 182 valence electrons. The minimum atomic E-state index is -0.401. The first kappa shape index (κ1) is 21.2. The maximum atomic E-state index is 13.5. The molecular formula is C24H30N4O6. The molecule has 2 bridgehead atoms. The lowest BCUT2D eigenvalue weighted by Gasteiger charge is -2.60. The second-order valence-electron chi connectivity index (χ2n) is 10.8. The fourth-order valence-electron chi connectivity index (χ4n) is 7.89. The topological polar surface area (TPSA) is 99.7 Å². The molecule has 0 radical (unpaired) electrons. The van der Waals surface area contributed by atoms with E-state index >= 15 is 0 Å². The normalized spacial score (nSPS) is 43.9. The third kappa shape index (κ3) is 2.76. The molecule has 4 aliphatic heterocycles. The van der Waals surface area contributed by atoms with Crippen molar-refractivity contribution >= 4 is 23.6 Å². The van der Waals surface area contributed by atoms with Crippen LogP contribution < -0.4 is 0 Å². The second kappa shape index (κ2) is 7.68. The monoisotopic (exact) mass is 470 g/mol. The summed E-state index contributed by atoms with van der Waals surface area (Å²) in [5, 5.41) is 0. The van der Waals surface area contributed by atoms with Gasteiger partial charge in [0.05, 0.1) is 63.4 Å². The van der Waals surface area contributed by atoms with Crippen LogP contribution in [0.5, 0.6) is 0 Å². The molecule has 34 heavy (non-hydrogen) atoms. The van der Waals surface area contributed by atoms with E-state index in [4.69, 9.17) is 9.47 Å². The quantitative estimate of drug-likeness (QED) is 0.375. The average Bonchev–Trinajstić information content (AvgIpc) is 3.21. The fourth-order valence-corrected chi connectivity index (χ4v) is 7.89. The Morgan fingerprint density at radius 3 is 1.32 bits per heavy atom. The highest BCUT2D eigenvalue weighted by molar-refractivity contribution is 6.09. The van der Waals surface area contributed by atoms with E-state index in [1.165, 1.54) is 9.80 Å². The summed E-state index contributed by atoms with van der Waals surface area (Å²) in [5.74, 6) is -2.25. The molecule has 2 saturated carbocycles. The van der Waals surface area contributed by atoms with Crippen LogP contribution in [-0.4, -0.2) is 109 Å². The van der Waals surface area contributed by atoms with Gasteiger partial charge in [0.25, 0.3) is 0 Å². The summed E-state index contributed by atoms with van der Waals surface area (Å²) in [6, 6.07) is 0. The lowest BCUT2D eigenvalue weighted by Crippen LogP contribution is -2.63. The van der Waals surface area contributed by atoms with Gasteiger partial charge in [-0.15, -0.1) is 0 Å². The van der Waals surface area contributed by atoms with E-state index in [2.05, 4.69) is 22.0 Å². The highest BCUT2D eigenvalue weighted by Gasteiger charge is 2.75. The van der Waals surface area contributed by atoms with E-state index in [9.17, 15) is 19.2 Å². The van der Waals surface area contributed by atoms with Crippen LogP contribution in [-0.2, 0) is 28.7 Å². The third-order valence-electron chi connectivity index (χ3n) is 9.42. The van der Waals surface area contributed by atoms with Gasteiger partial charge >= 0.3 is 0 Å². The van der Waals surface area contributed by atoms with Gasteiger partial charge in [0, 0.05) is 26.2 Å². The summed E-state index contributed by atoms with van der Waals surface area (Å²) in [7, 11) is 0. The van der Waals surface area contributed by atoms with E-state index in [0.717, 1.165) is 0 Å². The minimum absolute atomic E-state index is 0.0209. The Morgan fingerprint density at radius 2 is 0.941 bits per heavy atom. The van der Waals surface area contributed by atoms with Crippen LogP contribution in [0.3, 0.4) is 0 Å².